The van der Waals surface area contributed by atoms with Crippen LogP contribution in [0.3, 0.4) is 0 Å². The molecule has 0 radical (unpaired) electrons. The molecule has 106 valence electrons. The van der Waals surface area contributed by atoms with Crippen LogP contribution in [0, 0.1) is 0 Å². The lowest BCUT2D eigenvalue weighted by Crippen LogP contribution is -2.23. The van der Waals surface area contributed by atoms with Crippen molar-refractivity contribution in [2.45, 2.75) is 32.1 Å². The van der Waals surface area contributed by atoms with Gasteiger partial charge in [-0.3, -0.25) is 0 Å². The number of hydrogen-bond donors (Lipinski definition) is 1. The number of hydrogen-bond acceptors (Lipinski definition) is 4. The van der Waals surface area contributed by atoms with Crippen LogP contribution in [-0.4, -0.2) is 33.2 Å². The minimum absolute atomic E-state index is 0.114. The molecule has 1 atom stereocenters. The minimum atomic E-state index is -0.114. The quantitative estimate of drug-likeness (QED) is 0.822. The molecule has 1 aromatic rings. The molecule has 1 aliphatic heterocycles. The Balaban J connectivity index is 2.07. The third kappa shape index (κ3) is 3.93. The van der Waals surface area contributed by atoms with Gasteiger partial charge in [0, 0.05) is 18.0 Å². The molecule has 1 N–H and O–H groups in total. The Kier molecular flexibility index (Phi) is 5.63. The molecule has 1 aromatic carbocycles. The van der Waals surface area contributed by atoms with E-state index in [9.17, 15) is 0 Å². The molecular weight excluding hydrogens is 242 g/mol. The fraction of sp³-hybridized carbons (Fsp3) is 0.600. The number of rotatable bonds is 7. The van der Waals surface area contributed by atoms with Crippen molar-refractivity contribution in [3.8, 4) is 5.75 Å². The number of ether oxygens (including phenoxy) is 3. The minimum Gasteiger partial charge on any atom is -0.493 e. The first-order valence-corrected chi connectivity index (χ1v) is 6.97. The second-order valence-corrected chi connectivity index (χ2v) is 4.63. The highest BCUT2D eigenvalue weighted by atomic mass is 16.7. The van der Waals surface area contributed by atoms with Gasteiger partial charge in [-0.15, -0.1) is 0 Å². The van der Waals surface area contributed by atoms with E-state index in [1.165, 1.54) is 0 Å². The molecular formula is C15H23NO3. The predicted molar refractivity (Wildman–Crippen MR) is 74.3 cm³/mol. The van der Waals surface area contributed by atoms with Crippen molar-refractivity contribution in [3.63, 3.8) is 0 Å². The van der Waals surface area contributed by atoms with Crippen molar-refractivity contribution in [3.05, 3.63) is 29.8 Å². The van der Waals surface area contributed by atoms with Crippen LogP contribution in [0.5, 0.6) is 5.75 Å². The van der Waals surface area contributed by atoms with Crippen molar-refractivity contribution in [2.24, 2.45) is 0 Å². The lowest BCUT2D eigenvalue weighted by atomic mass is 10.0. The molecule has 4 nitrogen and oxygen atoms in total. The highest BCUT2D eigenvalue weighted by molar-refractivity contribution is 5.36. The molecule has 1 fully saturated rings. The zero-order chi connectivity index (χ0) is 13.5. The third-order valence-corrected chi connectivity index (χ3v) is 3.22. The monoisotopic (exact) mass is 265 g/mol. The van der Waals surface area contributed by atoms with Crippen LogP contribution in [0.2, 0.25) is 0 Å². The lowest BCUT2D eigenvalue weighted by molar-refractivity contribution is -0.0527. The Hall–Kier alpha value is -1.10. The van der Waals surface area contributed by atoms with E-state index in [-0.39, 0.29) is 12.3 Å². The summed E-state index contributed by atoms with van der Waals surface area (Å²) >= 11 is 0. The van der Waals surface area contributed by atoms with Gasteiger partial charge in [0.15, 0.2) is 6.29 Å². The summed E-state index contributed by atoms with van der Waals surface area (Å²) in [4.78, 5) is 0. The van der Waals surface area contributed by atoms with Crippen molar-refractivity contribution in [1.82, 2.24) is 5.32 Å². The van der Waals surface area contributed by atoms with Gasteiger partial charge in [0.05, 0.1) is 19.8 Å². The van der Waals surface area contributed by atoms with Gasteiger partial charge in [0.25, 0.3) is 0 Å². The maximum Gasteiger partial charge on any atom is 0.159 e. The number of nitrogens with one attached hydrogen (secondary N) is 1. The van der Waals surface area contributed by atoms with E-state index >= 15 is 0 Å². The Morgan fingerprint density at radius 2 is 2.05 bits per heavy atom. The first-order chi connectivity index (χ1) is 9.35. The summed E-state index contributed by atoms with van der Waals surface area (Å²) in [6.07, 6.45) is 1.69. The first kappa shape index (κ1) is 14.3. The maximum atomic E-state index is 5.81. The SMILES string of the molecule is CCCOc1ccccc1C(CC1OCCO1)NC. The predicted octanol–water partition coefficient (Wildman–Crippen LogP) is 2.50. The molecule has 0 aliphatic carbocycles. The summed E-state index contributed by atoms with van der Waals surface area (Å²) in [6, 6.07) is 8.34. The fourth-order valence-electron chi connectivity index (χ4n) is 2.25. The standard InChI is InChI=1S/C15H23NO3/c1-3-8-17-14-7-5-4-6-12(14)13(16-2)11-15-18-9-10-19-15/h4-7,13,15-16H,3,8-11H2,1-2H3. The highest BCUT2D eigenvalue weighted by Gasteiger charge is 2.23. The van der Waals surface area contributed by atoms with Gasteiger partial charge in [0.1, 0.15) is 5.75 Å². The Bertz CT molecular complexity index is 377. The largest absolute Gasteiger partial charge is 0.493 e. The second-order valence-electron chi connectivity index (χ2n) is 4.63. The van der Waals surface area contributed by atoms with Crippen molar-refractivity contribution >= 4 is 0 Å². The average molecular weight is 265 g/mol. The Morgan fingerprint density at radius 3 is 2.74 bits per heavy atom. The first-order valence-electron chi connectivity index (χ1n) is 6.97. The Labute approximate surface area is 115 Å². The van der Waals surface area contributed by atoms with Crippen LogP contribution < -0.4 is 10.1 Å². The fourth-order valence-corrected chi connectivity index (χ4v) is 2.25. The van der Waals surface area contributed by atoms with E-state index in [0.29, 0.717) is 13.2 Å². The molecule has 1 heterocycles. The Morgan fingerprint density at radius 1 is 1.32 bits per heavy atom. The smallest absolute Gasteiger partial charge is 0.159 e. The maximum absolute atomic E-state index is 5.81. The van der Waals surface area contributed by atoms with Crippen LogP contribution >= 0.6 is 0 Å². The molecule has 19 heavy (non-hydrogen) atoms. The molecule has 0 aromatic heterocycles. The van der Waals surface area contributed by atoms with Gasteiger partial charge in [-0.25, -0.2) is 0 Å². The van der Waals surface area contributed by atoms with Gasteiger partial charge in [-0.05, 0) is 19.5 Å². The molecule has 4 heteroatoms. The summed E-state index contributed by atoms with van der Waals surface area (Å²) in [6.45, 7) is 4.23. The molecule has 1 aliphatic rings. The molecule has 0 amide bonds. The molecule has 0 saturated carbocycles. The molecule has 2 rings (SSSR count). The van der Waals surface area contributed by atoms with Crippen molar-refractivity contribution in [2.75, 3.05) is 26.9 Å². The lowest BCUT2D eigenvalue weighted by Gasteiger charge is -2.22. The normalized spacial score (nSPS) is 17.6. The van der Waals surface area contributed by atoms with E-state index in [1.54, 1.807) is 0 Å². The average Bonchev–Trinajstić information content (AvgIpc) is 2.96. The van der Waals surface area contributed by atoms with Crippen LogP contribution in [0.1, 0.15) is 31.4 Å². The van der Waals surface area contributed by atoms with Crippen LogP contribution in [0.25, 0.3) is 0 Å². The molecule has 1 saturated heterocycles. The molecule has 0 spiro atoms. The van der Waals surface area contributed by atoms with E-state index in [1.807, 2.05) is 25.2 Å². The zero-order valence-corrected chi connectivity index (χ0v) is 11.7. The van der Waals surface area contributed by atoms with E-state index in [0.717, 1.165) is 30.8 Å². The summed E-state index contributed by atoms with van der Waals surface area (Å²) in [5.41, 5.74) is 1.16. The number of para-hydroxylation sites is 1. The van der Waals surface area contributed by atoms with Gasteiger partial charge in [-0.1, -0.05) is 25.1 Å². The summed E-state index contributed by atoms with van der Waals surface area (Å²) in [5, 5.41) is 3.32. The highest BCUT2D eigenvalue weighted by Crippen LogP contribution is 2.29. The third-order valence-electron chi connectivity index (χ3n) is 3.22. The van der Waals surface area contributed by atoms with Gasteiger partial charge >= 0.3 is 0 Å². The van der Waals surface area contributed by atoms with Crippen LogP contribution in [-0.2, 0) is 9.47 Å². The van der Waals surface area contributed by atoms with Crippen LogP contribution in [0.15, 0.2) is 24.3 Å². The summed E-state index contributed by atoms with van der Waals surface area (Å²) in [7, 11) is 1.95. The van der Waals surface area contributed by atoms with Crippen LogP contribution in [0.4, 0.5) is 0 Å². The summed E-state index contributed by atoms with van der Waals surface area (Å²) in [5.74, 6) is 0.946. The molecule has 0 bridgehead atoms. The molecule has 1 unspecified atom stereocenters. The van der Waals surface area contributed by atoms with E-state index in [2.05, 4.69) is 18.3 Å². The van der Waals surface area contributed by atoms with Gasteiger partial charge in [0.2, 0.25) is 0 Å². The topological polar surface area (TPSA) is 39.7 Å². The van der Waals surface area contributed by atoms with E-state index in [4.69, 9.17) is 14.2 Å². The van der Waals surface area contributed by atoms with E-state index < -0.39 is 0 Å². The van der Waals surface area contributed by atoms with Crippen molar-refractivity contribution in [1.29, 1.82) is 0 Å². The van der Waals surface area contributed by atoms with Gasteiger partial charge in [-0.2, -0.15) is 0 Å². The second kappa shape index (κ2) is 7.48. The van der Waals surface area contributed by atoms with Gasteiger partial charge < -0.3 is 19.5 Å². The zero-order valence-electron chi connectivity index (χ0n) is 11.7. The van der Waals surface area contributed by atoms with Crippen molar-refractivity contribution < 1.29 is 14.2 Å². The summed E-state index contributed by atoms with van der Waals surface area (Å²) < 4.78 is 16.9. The number of benzene rings is 1.